The van der Waals surface area contributed by atoms with E-state index in [4.69, 9.17) is 4.74 Å². The van der Waals surface area contributed by atoms with Gasteiger partial charge in [-0.25, -0.2) is 4.79 Å². The van der Waals surface area contributed by atoms with Crippen LogP contribution in [0.3, 0.4) is 0 Å². The van der Waals surface area contributed by atoms with Gasteiger partial charge in [0, 0.05) is 19.3 Å². The summed E-state index contributed by atoms with van der Waals surface area (Å²) >= 11 is 0. The number of esters is 1. The second-order valence-corrected chi connectivity index (χ2v) is 7.48. The molecular formula is C26H29N5O2. The van der Waals surface area contributed by atoms with Crippen LogP contribution >= 0.6 is 0 Å². The normalized spacial score (nSPS) is 11.2. The van der Waals surface area contributed by atoms with E-state index < -0.39 is 0 Å². The lowest BCUT2D eigenvalue weighted by atomic mass is 10.2. The maximum atomic E-state index is 11.9. The summed E-state index contributed by atoms with van der Waals surface area (Å²) in [4.78, 5) is 14.1. The van der Waals surface area contributed by atoms with Gasteiger partial charge in [0.25, 0.3) is 0 Å². The highest BCUT2D eigenvalue weighted by Gasteiger charge is 2.06. The summed E-state index contributed by atoms with van der Waals surface area (Å²) in [5, 5.41) is 17.0. The van der Waals surface area contributed by atoms with Crippen LogP contribution < -0.4 is 4.90 Å². The third-order valence-electron chi connectivity index (χ3n) is 5.01. The van der Waals surface area contributed by atoms with Crippen LogP contribution in [-0.2, 0) is 4.74 Å². The monoisotopic (exact) mass is 443 g/mol. The Kier molecular flexibility index (Phi) is 8.82. The molecule has 33 heavy (non-hydrogen) atoms. The van der Waals surface area contributed by atoms with E-state index in [1.165, 1.54) is 0 Å². The predicted octanol–water partition coefficient (Wildman–Crippen LogP) is 7.93. The van der Waals surface area contributed by atoms with Gasteiger partial charge in [0.1, 0.15) is 0 Å². The predicted molar refractivity (Wildman–Crippen MR) is 132 cm³/mol. The lowest BCUT2D eigenvalue weighted by Gasteiger charge is -2.16. The Bertz CT molecular complexity index is 1080. The maximum absolute atomic E-state index is 11.9. The molecule has 0 atom stereocenters. The number of carbonyl (C=O) groups excluding carboxylic acids is 1. The summed E-state index contributed by atoms with van der Waals surface area (Å²) in [6.45, 7) is 5.55. The largest absolute Gasteiger partial charge is 0.462 e. The summed E-state index contributed by atoms with van der Waals surface area (Å²) in [5.41, 5.74) is 4.53. The van der Waals surface area contributed by atoms with Crippen LogP contribution in [0.15, 0.2) is 93.3 Å². The minimum absolute atomic E-state index is 0.319. The zero-order chi connectivity index (χ0) is 23.5. The van der Waals surface area contributed by atoms with Crippen molar-refractivity contribution < 1.29 is 9.53 Å². The molecule has 3 aromatic rings. The van der Waals surface area contributed by atoms with Gasteiger partial charge in [0.15, 0.2) is 0 Å². The summed E-state index contributed by atoms with van der Waals surface area (Å²) < 4.78 is 5.20. The van der Waals surface area contributed by atoms with Crippen LogP contribution in [0.5, 0.6) is 0 Å². The molecule has 0 aromatic heterocycles. The van der Waals surface area contributed by atoms with Gasteiger partial charge in [-0.1, -0.05) is 13.3 Å². The highest BCUT2D eigenvalue weighted by molar-refractivity contribution is 5.89. The van der Waals surface area contributed by atoms with Crippen molar-refractivity contribution in [1.29, 1.82) is 0 Å². The van der Waals surface area contributed by atoms with E-state index in [1.54, 1.807) is 24.3 Å². The Hall–Kier alpha value is -3.87. The van der Waals surface area contributed by atoms with E-state index in [1.807, 2.05) is 48.5 Å². The molecule has 0 saturated carbocycles. The van der Waals surface area contributed by atoms with E-state index >= 15 is 0 Å². The Labute approximate surface area is 194 Å². The van der Waals surface area contributed by atoms with Gasteiger partial charge in [0.05, 0.1) is 34.9 Å². The van der Waals surface area contributed by atoms with Gasteiger partial charge in [-0.15, -0.1) is 0 Å². The molecule has 0 radical (unpaired) electrons. The van der Waals surface area contributed by atoms with Gasteiger partial charge in [-0.05, 0) is 86.1 Å². The fourth-order valence-corrected chi connectivity index (χ4v) is 2.83. The van der Waals surface area contributed by atoms with E-state index in [9.17, 15) is 4.79 Å². The van der Waals surface area contributed by atoms with Gasteiger partial charge in [-0.3, -0.25) is 0 Å². The number of ether oxygens (including phenoxy) is 1. The highest BCUT2D eigenvalue weighted by atomic mass is 16.5. The Morgan fingerprint density at radius 3 is 1.58 bits per heavy atom. The van der Waals surface area contributed by atoms with Crippen LogP contribution in [0.25, 0.3) is 0 Å². The number of nitrogens with zero attached hydrogens (tertiary/aromatic N) is 5. The lowest BCUT2D eigenvalue weighted by molar-refractivity contribution is 0.0500. The number of hydrogen-bond donors (Lipinski definition) is 0. The Balaban J connectivity index is 1.55. The van der Waals surface area contributed by atoms with Crippen molar-refractivity contribution >= 4 is 34.4 Å². The van der Waals surface area contributed by atoms with Crippen LogP contribution in [0.2, 0.25) is 0 Å². The van der Waals surface area contributed by atoms with Crippen molar-refractivity contribution in [3.63, 3.8) is 0 Å². The van der Waals surface area contributed by atoms with E-state index in [-0.39, 0.29) is 5.97 Å². The molecule has 0 spiro atoms. The minimum atomic E-state index is -0.319. The van der Waals surface area contributed by atoms with Gasteiger partial charge >= 0.3 is 5.97 Å². The number of unbranched alkanes of at least 4 members (excludes halogenated alkanes) is 1. The molecule has 0 N–H and O–H groups in total. The third kappa shape index (κ3) is 7.35. The molecule has 3 rings (SSSR count). The first-order chi connectivity index (χ1) is 16.1. The fourth-order valence-electron chi connectivity index (χ4n) is 2.83. The molecule has 0 unspecified atom stereocenters. The molecule has 0 amide bonds. The second-order valence-electron chi connectivity index (χ2n) is 7.48. The number of carbonyl (C=O) groups is 1. The Morgan fingerprint density at radius 1 is 0.727 bits per heavy atom. The SMILES string of the molecule is CCCCOC(=O)c1ccc(N=Nc2ccc(N=Nc3ccc(N(C)CC)cc3)cc2)cc1. The van der Waals surface area contributed by atoms with Crippen LogP contribution in [0, 0.1) is 0 Å². The number of hydrogen-bond acceptors (Lipinski definition) is 7. The molecule has 0 aliphatic carbocycles. The minimum Gasteiger partial charge on any atom is -0.462 e. The molecule has 3 aromatic carbocycles. The first kappa shape index (κ1) is 23.8. The molecule has 0 bridgehead atoms. The quantitative estimate of drug-likeness (QED) is 0.181. The molecule has 0 aliphatic heterocycles. The molecule has 170 valence electrons. The van der Waals surface area contributed by atoms with E-state index in [0.29, 0.717) is 23.5 Å². The van der Waals surface area contributed by atoms with Crippen molar-refractivity contribution in [3.8, 4) is 0 Å². The van der Waals surface area contributed by atoms with Crippen LogP contribution in [0.4, 0.5) is 28.4 Å². The fraction of sp³-hybridized carbons (Fsp3) is 0.269. The van der Waals surface area contributed by atoms with Gasteiger partial charge < -0.3 is 9.64 Å². The number of anilines is 1. The zero-order valence-electron chi connectivity index (χ0n) is 19.3. The average molecular weight is 444 g/mol. The van der Waals surface area contributed by atoms with Crippen molar-refractivity contribution in [1.82, 2.24) is 0 Å². The topological polar surface area (TPSA) is 79.0 Å². The van der Waals surface area contributed by atoms with E-state index in [2.05, 4.69) is 46.3 Å². The summed E-state index contributed by atoms with van der Waals surface area (Å²) in [5.74, 6) is -0.319. The van der Waals surface area contributed by atoms with Crippen molar-refractivity contribution in [3.05, 3.63) is 78.4 Å². The van der Waals surface area contributed by atoms with E-state index in [0.717, 1.165) is 36.4 Å². The summed E-state index contributed by atoms with van der Waals surface area (Å²) in [6.07, 6.45) is 1.85. The van der Waals surface area contributed by atoms with Gasteiger partial charge in [-0.2, -0.15) is 20.5 Å². The van der Waals surface area contributed by atoms with Crippen LogP contribution in [-0.4, -0.2) is 26.2 Å². The molecule has 0 saturated heterocycles. The van der Waals surface area contributed by atoms with Gasteiger partial charge in [0.2, 0.25) is 0 Å². The van der Waals surface area contributed by atoms with Crippen molar-refractivity contribution in [2.24, 2.45) is 20.5 Å². The standard InChI is InChI=1S/C26H29N5O2/c1-4-6-19-33-26(32)20-7-9-21(10-8-20)27-28-22-11-13-23(14-12-22)29-30-24-15-17-25(18-16-24)31(3)5-2/h7-18H,4-6,19H2,1-3H3. The highest BCUT2D eigenvalue weighted by Crippen LogP contribution is 2.25. The zero-order valence-corrected chi connectivity index (χ0v) is 19.3. The number of azo groups is 2. The molecule has 7 nitrogen and oxygen atoms in total. The number of benzene rings is 3. The van der Waals surface area contributed by atoms with Crippen LogP contribution in [0.1, 0.15) is 37.0 Å². The smallest absolute Gasteiger partial charge is 0.338 e. The number of rotatable bonds is 10. The molecule has 0 fully saturated rings. The summed E-state index contributed by atoms with van der Waals surface area (Å²) in [7, 11) is 2.05. The maximum Gasteiger partial charge on any atom is 0.338 e. The molecule has 0 heterocycles. The van der Waals surface area contributed by atoms with Crippen molar-refractivity contribution in [2.45, 2.75) is 26.7 Å². The summed E-state index contributed by atoms with van der Waals surface area (Å²) in [6, 6.07) is 22.2. The third-order valence-corrected chi connectivity index (χ3v) is 5.01. The lowest BCUT2D eigenvalue weighted by Crippen LogP contribution is -2.15. The first-order valence-corrected chi connectivity index (χ1v) is 11.1. The Morgan fingerprint density at radius 2 is 1.15 bits per heavy atom. The average Bonchev–Trinajstić information content (AvgIpc) is 2.87. The first-order valence-electron chi connectivity index (χ1n) is 11.1. The molecular weight excluding hydrogens is 414 g/mol. The second kappa shape index (κ2) is 12.2. The van der Waals surface area contributed by atoms with Crippen molar-refractivity contribution in [2.75, 3.05) is 25.1 Å². The molecule has 7 heteroatoms. The molecule has 0 aliphatic rings.